The molecule has 5 heteroatoms. The number of hydrogen-bond acceptors (Lipinski definition) is 4. The van der Waals surface area contributed by atoms with Crippen molar-refractivity contribution >= 4 is 5.91 Å². The molecular weight excluding hydrogens is 230 g/mol. The van der Waals surface area contributed by atoms with E-state index in [1.54, 1.807) is 11.9 Å². The van der Waals surface area contributed by atoms with Crippen LogP contribution in [0.1, 0.15) is 25.7 Å². The van der Waals surface area contributed by atoms with E-state index in [-0.39, 0.29) is 12.0 Å². The molecule has 1 amide bonds. The summed E-state index contributed by atoms with van der Waals surface area (Å²) in [4.78, 5) is 15.5. The van der Waals surface area contributed by atoms with Gasteiger partial charge in [-0.2, -0.15) is 5.26 Å². The number of aliphatic hydroxyl groups excluding tert-OH is 1. The van der Waals surface area contributed by atoms with Gasteiger partial charge in [0.25, 0.3) is 0 Å². The average Bonchev–Trinajstić information content (AvgIpc) is 2.31. The summed E-state index contributed by atoms with van der Waals surface area (Å²) in [6.45, 7) is 2.20. The topological polar surface area (TPSA) is 67.6 Å². The first kappa shape index (κ1) is 14.9. The molecule has 0 spiro atoms. The summed E-state index contributed by atoms with van der Waals surface area (Å²) < 4.78 is 0. The highest BCUT2D eigenvalue weighted by molar-refractivity contribution is 5.76. The molecule has 0 aromatic carbocycles. The summed E-state index contributed by atoms with van der Waals surface area (Å²) in [7, 11) is 3.75. The lowest BCUT2D eigenvalue weighted by atomic mass is 9.82. The molecule has 1 fully saturated rings. The Balaban J connectivity index is 2.11. The first-order valence-electron chi connectivity index (χ1n) is 6.50. The molecule has 0 aliphatic heterocycles. The Morgan fingerprint density at radius 3 is 2.61 bits per heavy atom. The maximum absolute atomic E-state index is 11.7. The first-order chi connectivity index (χ1) is 8.52. The lowest BCUT2D eigenvalue weighted by Gasteiger charge is -2.34. The summed E-state index contributed by atoms with van der Waals surface area (Å²) in [5.41, 5.74) is 0. The van der Waals surface area contributed by atoms with Crippen molar-refractivity contribution in [3.05, 3.63) is 0 Å². The zero-order valence-electron chi connectivity index (χ0n) is 11.3. The Bertz CT molecular complexity index is 308. The standard InChI is InChI=1S/C13H23N3O2/c1-15(10-11-8-12(17)9-11)7-4-13(18)16(2)6-3-5-14/h11-12,17H,3-4,6-10H2,1-2H3. The van der Waals surface area contributed by atoms with Crippen LogP contribution in [0, 0.1) is 17.2 Å². The van der Waals surface area contributed by atoms with E-state index in [4.69, 9.17) is 5.26 Å². The Kier molecular flexibility index (Phi) is 6.10. The maximum Gasteiger partial charge on any atom is 0.223 e. The van der Waals surface area contributed by atoms with Crippen LogP contribution >= 0.6 is 0 Å². The highest BCUT2D eigenvalue weighted by Crippen LogP contribution is 2.27. The van der Waals surface area contributed by atoms with Gasteiger partial charge in [0.2, 0.25) is 5.91 Å². The number of carbonyl (C=O) groups is 1. The molecule has 1 aliphatic carbocycles. The highest BCUT2D eigenvalue weighted by Gasteiger charge is 2.27. The van der Waals surface area contributed by atoms with Crippen molar-refractivity contribution in [3.8, 4) is 6.07 Å². The van der Waals surface area contributed by atoms with Crippen LogP contribution in [0.4, 0.5) is 0 Å². The zero-order chi connectivity index (χ0) is 13.5. The van der Waals surface area contributed by atoms with Crippen molar-refractivity contribution in [2.24, 2.45) is 5.92 Å². The van der Waals surface area contributed by atoms with Gasteiger partial charge in [-0.1, -0.05) is 0 Å². The molecule has 1 saturated carbocycles. The number of nitriles is 1. The molecule has 5 nitrogen and oxygen atoms in total. The molecule has 0 radical (unpaired) electrons. The molecule has 0 heterocycles. The number of nitrogens with zero attached hydrogens (tertiary/aromatic N) is 3. The molecule has 1 rings (SSSR count). The van der Waals surface area contributed by atoms with Gasteiger partial charge in [-0.25, -0.2) is 0 Å². The van der Waals surface area contributed by atoms with E-state index in [0.29, 0.717) is 25.3 Å². The molecular formula is C13H23N3O2. The number of rotatable bonds is 7. The fourth-order valence-electron chi connectivity index (χ4n) is 2.20. The first-order valence-corrected chi connectivity index (χ1v) is 6.50. The second-order valence-corrected chi connectivity index (χ2v) is 5.23. The smallest absolute Gasteiger partial charge is 0.223 e. The molecule has 18 heavy (non-hydrogen) atoms. The van der Waals surface area contributed by atoms with Gasteiger partial charge < -0.3 is 14.9 Å². The van der Waals surface area contributed by atoms with Crippen molar-refractivity contribution in [2.75, 3.05) is 33.7 Å². The van der Waals surface area contributed by atoms with Gasteiger partial charge in [-0.15, -0.1) is 0 Å². The van der Waals surface area contributed by atoms with Crippen LogP contribution < -0.4 is 0 Å². The van der Waals surface area contributed by atoms with E-state index in [1.165, 1.54) is 0 Å². The molecule has 1 aliphatic rings. The quantitative estimate of drug-likeness (QED) is 0.715. The number of aliphatic hydroxyl groups is 1. The third kappa shape index (κ3) is 5.03. The number of carbonyl (C=O) groups excluding carboxylic acids is 1. The van der Waals surface area contributed by atoms with E-state index in [9.17, 15) is 9.90 Å². The van der Waals surface area contributed by atoms with Crippen LogP contribution in [0.2, 0.25) is 0 Å². The summed E-state index contributed by atoms with van der Waals surface area (Å²) in [5.74, 6) is 0.669. The zero-order valence-corrected chi connectivity index (χ0v) is 11.3. The summed E-state index contributed by atoms with van der Waals surface area (Å²) >= 11 is 0. The van der Waals surface area contributed by atoms with Gasteiger partial charge in [-0.05, 0) is 25.8 Å². The van der Waals surface area contributed by atoms with Crippen LogP contribution in [0.25, 0.3) is 0 Å². The van der Waals surface area contributed by atoms with E-state index in [1.807, 2.05) is 13.1 Å². The van der Waals surface area contributed by atoms with Crippen LogP contribution in [-0.2, 0) is 4.79 Å². The molecule has 0 aromatic heterocycles. The van der Waals surface area contributed by atoms with Crippen molar-refractivity contribution < 1.29 is 9.90 Å². The van der Waals surface area contributed by atoms with Gasteiger partial charge in [0.1, 0.15) is 0 Å². The largest absolute Gasteiger partial charge is 0.393 e. The van der Waals surface area contributed by atoms with E-state index >= 15 is 0 Å². The number of amides is 1. The molecule has 0 unspecified atom stereocenters. The Hall–Kier alpha value is -1.12. The Morgan fingerprint density at radius 2 is 2.06 bits per heavy atom. The summed E-state index contributed by atoms with van der Waals surface area (Å²) in [6.07, 6.45) is 2.55. The lowest BCUT2D eigenvalue weighted by Crippen LogP contribution is -2.38. The van der Waals surface area contributed by atoms with Crippen molar-refractivity contribution in [2.45, 2.75) is 31.8 Å². The average molecular weight is 253 g/mol. The van der Waals surface area contributed by atoms with Crippen LogP contribution in [-0.4, -0.2) is 60.6 Å². The molecule has 1 N–H and O–H groups in total. The summed E-state index contributed by atoms with van der Waals surface area (Å²) in [5, 5.41) is 17.7. The number of hydrogen-bond donors (Lipinski definition) is 1. The van der Waals surface area contributed by atoms with Crippen LogP contribution in [0.15, 0.2) is 0 Å². The lowest BCUT2D eigenvalue weighted by molar-refractivity contribution is -0.130. The van der Waals surface area contributed by atoms with E-state index in [2.05, 4.69) is 4.90 Å². The van der Waals surface area contributed by atoms with Gasteiger partial charge in [0, 0.05) is 33.1 Å². The van der Waals surface area contributed by atoms with Gasteiger partial charge >= 0.3 is 0 Å². The Labute approximate surface area is 109 Å². The third-order valence-corrected chi connectivity index (χ3v) is 3.47. The van der Waals surface area contributed by atoms with Gasteiger partial charge in [0.05, 0.1) is 18.6 Å². The SMILES string of the molecule is CN(CCC(=O)N(C)CCC#N)CC1CC(O)C1. The predicted octanol–water partition coefficient (Wildman–Crippen LogP) is 0.451. The highest BCUT2D eigenvalue weighted by atomic mass is 16.3. The minimum absolute atomic E-state index is 0.0887. The Morgan fingerprint density at radius 1 is 1.39 bits per heavy atom. The van der Waals surface area contributed by atoms with Gasteiger partial charge in [-0.3, -0.25) is 4.79 Å². The van der Waals surface area contributed by atoms with Crippen molar-refractivity contribution in [1.82, 2.24) is 9.80 Å². The predicted molar refractivity (Wildman–Crippen MR) is 68.7 cm³/mol. The molecule has 0 bridgehead atoms. The monoisotopic (exact) mass is 253 g/mol. The summed E-state index contributed by atoms with van der Waals surface area (Å²) in [6, 6.07) is 2.04. The second kappa shape index (κ2) is 7.34. The normalized spacial score (nSPS) is 22.4. The fourth-order valence-corrected chi connectivity index (χ4v) is 2.20. The van der Waals surface area contributed by atoms with E-state index in [0.717, 1.165) is 25.9 Å². The van der Waals surface area contributed by atoms with Crippen LogP contribution in [0.5, 0.6) is 0 Å². The molecule has 102 valence electrons. The van der Waals surface area contributed by atoms with Gasteiger partial charge in [0.15, 0.2) is 0 Å². The second-order valence-electron chi connectivity index (χ2n) is 5.23. The van der Waals surface area contributed by atoms with Crippen molar-refractivity contribution in [3.63, 3.8) is 0 Å². The van der Waals surface area contributed by atoms with E-state index < -0.39 is 0 Å². The van der Waals surface area contributed by atoms with Crippen LogP contribution in [0.3, 0.4) is 0 Å². The fraction of sp³-hybridized carbons (Fsp3) is 0.846. The van der Waals surface area contributed by atoms with Crippen molar-refractivity contribution in [1.29, 1.82) is 5.26 Å². The maximum atomic E-state index is 11.7. The molecule has 0 saturated heterocycles. The molecule has 0 aromatic rings. The third-order valence-electron chi connectivity index (χ3n) is 3.47. The molecule has 0 atom stereocenters. The minimum atomic E-state index is -0.109. The minimum Gasteiger partial charge on any atom is -0.393 e.